The van der Waals surface area contributed by atoms with Crippen LogP contribution in [0, 0.1) is 11.6 Å². The SMILES string of the molecule is Cn1nc(C(=O)N2CCCC2)c2c1CC1(CCN(C(=O)c3ccc(F)c(F)c3)CC1)OC2. The molecule has 0 unspecified atom stereocenters. The summed E-state index contributed by atoms with van der Waals surface area (Å²) in [5, 5.41) is 4.53. The van der Waals surface area contributed by atoms with Crippen LogP contribution in [0.5, 0.6) is 0 Å². The number of fused-ring (bicyclic) bond motifs is 1. The minimum atomic E-state index is -1.03. The first-order valence-corrected chi connectivity index (χ1v) is 11.1. The highest BCUT2D eigenvalue weighted by atomic mass is 19.2. The molecule has 7 nitrogen and oxygen atoms in total. The highest BCUT2D eigenvalue weighted by molar-refractivity contribution is 5.95. The number of nitrogens with zero attached hydrogens (tertiary/aromatic N) is 4. The van der Waals surface area contributed by atoms with E-state index in [1.54, 1.807) is 9.58 Å². The van der Waals surface area contributed by atoms with Gasteiger partial charge in [0, 0.05) is 56.5 Å². The first kappa shape index (κ1) is 21.1. The Morgan fingerprint density at radius 3 is 2.38 bits per heavy atom. The molecule has 0 N–H and O–H groups in total. The van der Waals surface area contributed by atoms with Crippen LogP contribution in [0.25, 0.3) is 0 Å². The van der Waals surface area contributed by atoms with Gasteiger partial charge in [-0.05, 0) is 43.9 Å². The molecule has 0 saturated carbocycles. The largest absolute Gasteiger partial charge is 0.370 e. The van der Waals surface area contributed by atoms with Gasteiger partial charge in [-0.15, -0.1) is 0 Å². The second-order valence-electron chi connectivity index (χ2n) is 8.97. The number of amides is 2. The average Bonchev–Trinajstić information content (AvgIpc) is 3.44. The van der Waals surface area contributed by atoms with Crippen molar-refractivity contribution in [3.63, 3.8) is 0 Å². The van der Waals surface area contributed by atoms with Crippen molar-refractivity contribution in [1.82, 2.24) is 19.6 Å². The third-order valence-corrected chi connectivity index (χ3v) is 7.01. The number of rotatable bonds is 2. The number of halogens is 2. The zero-order chi connectivity index (χ0) is 22.5. The first-order chi connectivity index (χ1) is 15.4. The average molecular weight is 444 g/mol. The zero-order valence-corrected chi connectivity index (χ0v) is 18.1. The molecule has 32 heavy (non-hydrogen) atoms. The van der Waals surface area contributed by atoms with Gasteiger partial charge in [0.15, 0.2) is 17.3 Å². The maximum atomic E-state index is 13.5. The lowest BCUT2D eigenvalue weighted by Gasteiger charge is -2.44. The predicted molar refractivity (Wildman–Crippen MR) is 111 cm³/mol. The fourth-order valence-corrected chi connectivity index (χ4v) is 5.05. The van der Waals surface area contributed by atoms with Crippen molar-refractivity contribution in [2.45, 2.75) is 44.3 Å². The van der Waals surface area contributed by atoms with Crippen molar-refractivity contribution < 1.29 is 23.1 Å². The van der Waals surface area contributed by atoms with E-state index in [4.69, 9.17) is 4.74 Å². The molecule has 4 heterocycles. The van der Waals surface area contributed by atoms with Crippen molar-refractivity contribution in [3.05, 3.63) is 52.3 Å². The molecule has 2 aromatic rings. The van der Waals surface area contributed by atoms with E-state index in [-0.39, 0.29) is 17.4 Å². The molecule has 0 atom stereocenters. The Morgan fingerprint density at radius 2 is 1.69 bits per heavy atom. The van der Waals surface area contributed by atoms with E-state index in [1.807, 2.05) is 11.9 Å². The number of aromatic nitrogens is 2. The highest BCUT2D eigenvalue weighted by Crippen LogP contribution is 2.38. The van der Waals surface area contributed by atoms with E-state index in [0.29, 0.717) is 44.7 Å². The lowest BCUT2D eigenvalue weighted by atomic mass is 9.83. The van der Waals surface area contributed by atoms with Crippen LogP contribution in [0.3, 0.4) is 0 Å². The summed E-state index contributed by atoms with van der Waals surface area (Å²) in [6.07, 6.45) is 3.94. The highest BCUT2D eigenvalue weighted by Gasteiger charge is 2.43. The van der Waals surface area contributed by atoms with Gasteiger partial charge in [0.1, 0.15) is 0 Å². The van der Waals surface area contributed by atoms with Crippen LogP contribution in [-0.2, 0) is 24.8 Å². The van der Waals surface area contributed by atoms with Crippen LogP contribution < -0.4 is 0 Å². The van der Waals surface area contributed by atoms with Crippen molar-refractivity contribution in [3.8, 4) is 0 Å². The first-order valence-electron chi connectivity index (χ1n) is 11.1. The van der Waals surface area contributed by atoms with Gasteiger partial charge in [0.2, 0.25) is 0 Å². The quantitative estimate of drug-likeness (QED) is 0.715. The number of carbonyl (C=O) groups excluding carboxylic acids is 2. The molecule has 1 aromatic heterocycles. The molecule has 3 aliphatic rings. The van der Waals surface area contributed by atoms with E-state index in [2.05, 4.69) is 5.10 Å². The monoisotopic (exact) mass is 444 g/mol. The van der Waals surface area contributed by atoms with Crippen LogP contribution in [0.15, 0.2) is 18.2 Å². The van der Waals surface area contributed by atoms with Crippen LogP contribution in [-0.4, -0.2) is 63.2 Å². The number of carbonyl (C=O) groups is 2. The summed E-state index contributed by atoms with van der Waals surface area (Å²) in [6.45, 7) is 2.80. The second-order valence-corrected chi connectivity index (χ2v) is 8.97. The van der Waals surface area contributed by atoms with Crippen molar-refractivity contribution in [2.24, 2.45) is 7.05 Å². The topological polar surface area (TPSA) is 67.7 Å². The number of piperidine rings is 1. The van der Waals surface area contributed by atoms with E-state index in [9.17, 15) is 18.4 Å². The minimum absolute atomic E-state index is 0.0224. The molecule has 2 amide bonds. The predicted octanol–water partition coefficient (Wildman–Crippen LogP) is 2.68. The van der Waals surface area contributed by atoms with Crippen LogP contribution in [0.1, 0.15) is 57.8 Å². The maximum absolute atomic E-state index is 13.5. The summed E-state index contributed by atoms with van der Waals surface area (Å²) < 4.78 is 34.8. The summed E-state index contributed by atoms with van der Waals surface area (Å²) in [4.78, 5) is 29.1. The van der Waals surface area contributed by atoms with Crippen LogP contribution >= 0.6 is 0 Å². The Bertz CT molecular complexity index is 1070. The van der Waals surface area contributed by atoms with Gasteiger partial charge in [0.25, 0.3) is 11.8 Å². The molecule has 5 rings (SSSR count). The van der Waals surface area contributed by atoms with Crippen molar-refractivity contribution in [1.29, 1.82) is 0 Å². The maximum Gasteiger partial charge on any atom is 0.274 e. The van der Waals surface area contributed by atoms with Gasteiger partial charge in [-0.2, -0.15) is 5.10 Å². The van der Waals surface area contributed by atoms with Gasteiger partial charge in [0.05, 0.1) is 12.2 Å². The van der Waals surface area contributed by atoms with Gasteiger partial charge in [-0.25, -0.2) is 8.78 Å². The van der Waals surface area contributed by atoms with Crippen molar-refractivity contribution in [2.75, 3.05) is 26.2 Å². The summed E-state index contributed by atoms with van der Waals surface area (Å²) >= 11 is 0. The lowest BCUT2D eigenvalue weighted by Crippen LogP contribution is -2.50. The van der Waals surface area contributed by atoms with Gasteiger partial charge < -0.3 is 14.5 Å². The summed E-state index contributed by atoms with van der Waals surface area (Å²) in [7, 11) is 1.86. The number of aryl methyl sites for hydroxylation is 1. The molecule has 1 spiro atoms. The Morgan fingerprint density at radius 1 is 1.00 bits per heavy atom. The molecule has 9 heteroatoms. The Hall–Kier alpha value is -2.81. The molecule has 3 aliphatic heterocycles. The molecule has 2 fully saturated rings. The van der Waals surface area contributed by atoms with Gasteiger partial charge >= 0.3 is 0 Å². The third kappa shape index (κ3) is 3.58. The number of ether oxygens (including phenoxy) is 1. The molecular formula is C23H26F2N4O3. The van der Waals surface area contributed by atoms with E-state index in [0.717, 1.165) is 49.3 Å². The zero-order valence-electron chi connectivity index (χ0n) is 18.1. The van der Waals surface area contributed by atoms with Gasteiger partial charge in [-0.1, -0.05) is 0 Å². The van der Waals surface area contributed by atoms with E-state index in [1.165, 1.54) is 6.07 Å². The standard InChI is InChI=1S/C23H26F2N4O3/c1-27-19-13-23(32-14-16(19)20(26-27)22(31)28-8-2-3-9-28)6-10-29(11-7-23)21(30)15-4-5-17(24)18(25)12-15/h4-5,12H,2-3,6-11,13-14H2,1H3. The fourth-order valence-electron chi connectivity index (χ4n) is 5.05. The Labute approximate surface area is 184 Å². The molecule has 0 bridgehead atoms. The Kier molecular flexibility index (Phi) is 5.23. The molecule has 0 aliphatic carbocycles. The molecule has 170 valence electrons. The van der Waals surface area contributed by atoms with Crippen LogP contribution in [0.2, 0.25) is 0 Å². The fraction of sp³-hybridized carbons (Fsp3) is 0.522. The van der Waals surface area contributed by atoms with Gasteiger partial charge in [-0.3, -0.25) is 14.3 Å². The summed E-state index contributed by atoms with van der Waals surface area (Å²) in [5.74, 6) is -2.33. The molecule has 0 radical (unpaired) electrons. The Balaban J connectivity index is 1.28. The van der Waals surface area contributed by atoms with Crippen LogP contribution in [0.4, 0.5) is 8.78 Å². The number of benzene rings is 1. The third-order valence-electron chi connectivity index (χ3n) is 7.01. The van der Waals surface area contributed by atoms with E-state index < -0.39 is 17.2 Å². The lowest BCUT2D eigenvalue weighted by molar-refractivity contribution is -0.0990. The number of likely N-dealkylation sites (tertiary alicyclic amines) is 2. The van der Waals surface area contributed by atoms with E-state index >= 15 is 0 Å². The smallest absolute Gasteiger partial charge is 0.274 e. The second kappa shape index (κ2) is 7.95. The summed E-state index contributed by atoms with van der Waals surface area (Å²) in [6, 6.07) is 3.23. The molecular weight excluding hydrogens is 418 g/mol. The van der Waals surface area contributed by atoms with Crippen molar-refractivity contribution >= 4 is 11.8 Å². The normalized spacial score (nSPS) is 20.0. The molecule has 2 saturated heterocycles. The number of hydrogen-bond acceptors (Lipinski definition) is 4. The minimum Gasteiger partial charge on any atom is -0.370 e. The summed E-state index contributed by atoms with van der Waals surface area (Å²) in [5.41, 5.74) is 2.10. The number of hydrogen-bond donors (Lipinski definition) is 0. The molecule has 1 aromatic carbocycles.